The zero-order chi connectivity index (χ0) is 21.2. The van der Waals surface area contributed by atoms with Crippen LogP contribution in [0.3, 0.4) is 0 Å². The monoisotopic (exact) mass is 435 g/mol. The van der Waals surface area contributed by atoms with E-state index in [1.807, 2.05) is 24.3 Å². The number of hydrogen-bond donors (Lipinski definition) is 2. The van der Waals surface area contributed by atoms with Crippen LogP contribution in [0.15, 0.2) is 47.4 Å². The summed E-state index contributed by atoms with van der Waals surface area (Å²) in [5, 5.41) is 2.98. The molecule has 3 rings (SSSR count). The molecule has 156 valence electrons. The van der Waals surface area contributed by atoms with E-state index in [1.54, 1.807) is 20.8 Å². The van der Waals surface area contributed by atoms with E-state index in [0.717, 1.165) is 31.6 Å². The summed E-state index contributed by atoms with van der Waals surface area (Å²) < 4.78 is 28.0. The highest BCUT2D eigenvalue weighted by Crippen LogP contribution is 2.30. The van der Waals surface area contributed by atoms with Crippen molar-refractivity contribution in [2.45, 2.75) is 44.0 Å². The van der Waals surface area contributed by atoms with Gasteiger partial charge in [0.15, 0.2) is 0 Å². The van der Waals surface area contributed by atoms with Crippen LogP contribution in [0.5, 0.6) is 0 Å². The molecule has 1 fully saturated rings. The van der Waals surface area contributed by atoms with Crippen molar-refractivity contribution in [1.82, 2.24) is 4.72 Å². The van der Waals surface area contributed by atoms with Gasteiger partial charge in [0.2, 0.25) is 10.0 Å². The number of nitrogens with one attached hydrogen (secondary N) is 2. The Labute approximate surface area is 177 Å². The van der Waals surface area contributed by atoms with Gasteiger partial charge >= 0.3 is 0 Å². The first-order valence-corrected chi connectivity index (χ1v) is 11.4. The van der Waals surface area contributed by atoms with Crippen molar-refractivity contribution in [3.05, 3.63) is 53.1 Å². The van der Waals surface area contributed by atoms with Gasteiger partial charge in [-0.25, -0.2) is 13.1 Å². The molecule has 1 heterocycles. The van der Waals surface area contributed by atoms with E-state index in [1.165, 1.54) is 18.2 Å². The zero-order valence-corrected chi connectivity index (χ0v) is 18.4. The summed E-state index contributed by atoms with van der Waals surface area (Å²) in [5.41, 5.74) is 1.22. The minimum atomic E-state index is -3.87. The molecule has 0 saturated carbocycles. The van der Waals surface area contributed by atoms with Crippen LogP contribution >= 0.6 is 11.6 Å². The standard InChI is InChI=1S/C21H26ClN3O3S/c1-21(2,3)24-29(27,28)19-14-15(10-11-16(19)22)20(26)23-17-8-4-5-9-18(17)25-12-6-7-13-25/h4-5,8-11,14,24H,6-7,12-13H2,1-3H3,(H,23,26). The van der Waals surface area contributed by atoms with E-state index in [-0.39, 0.29) is 21.4 Å². The number of anilines is 2. The van der Waals surface area contributed by atoms with Gasteiger partial charge in [-0.2, -0.15) is 0 Å². The first-order chi connectivity index (χ1) is 13.6. The second-order valence-electron chi connectivity index (χ2n) is 8.17. The average molecular weight is 436 g/mol. The normalized spacial score (nSPS) is 14.8. The quantitative estimate of drug-likeness (QED) is 0.735. The van der Waals surface area contributed by atoms with Crippen LogP contribution in [-0.4, -0.2) is 33.0 Å². The van der Waals surface area contributed by atoms with Crippen molar-refractivity contribution >= 4 is 38.9 Å². The van der Waals surface area contributed by atoms with Gasteiger partial charge in [-0.3, -0.25) is 4.79 Å². The molecule has 2 aromatic rings. The first-order valence-electron chi connectivity index (χ1n) is 9.56. The first kappa shape index (κ1) is 21.6. The highest BCUT2D eigenvalue weighted by Gasteiger charge is 2.25. The Morgan fingerprint density at radius 1 is 1.07 bits per heavy atom. The number of carbonyl (C=O) groups is 1. The second kappa shape index (κ2) is 8.34. The van der Waals surface area contributed by atoms with E-state index in [2.05, 4.69) is 14.9 Å². The fourth-order valence-electron chi connectivity index (χ4n) is 3.32. The molecule has 0 atom stereocenters. The Hall–Kier alpha value is -2.09. The SMILES string of the molecule is CC(C)(C)NS(=O)(=O)c1cc(C(=O)Nc2ccccc2N2CCCC2)ccc1Cl. The third-order valence-corrected chi connectivity index (χ3v) is 6.76. The van der Waals surface area contributed by atoms with Crippen molar-refractivity contribution in [3.63, 3.8) is 0 Å². The fourth-order valence-corrected chi connectivity index (χ4v) is 5.26. The number of nitrogens with zero attached hydrogens (tertiary/aromatic N) is 1. The summed E-state index contributed by atoms with van der Waals surface area (Å²) >= 11 is 6.13. The number of halogens is 1. The van der Waals surface area contributed by atoms with Gasteiger partial charge in [0.05, 0.1) is 16.4 Å². The molecular formula is C21H26ClN3O3S. The topological polar surface area (TPSA) is 78.5 Å². The Morgan fingerprint density at radius 2 is 1.72 bits per heavy atom. The summed E-state index contributed by atoms with van der Waals surface area (Å²) in [7, 11) is -3.87. The average Bonchev–Trinajstić information content (AvgIpc) is 3.14. The molecule has 0 aromatic heterocycles. The van der Waals surface area contributed by atoms with Gasteiger partial charge in [-0.1, -0.05) is 23.7 Å². The van der Waals surface area contributed by atoms with Crippen LogP contribution in [-0.2, 0) is 10.0 Å². The lowest BCUT2D eigenvalue weighted by Crippen LogP contribution is -2.40. The van der Waals surface area contributed by atoms with Crippen molar-refractivity contribution in [1.29, 1.82) is 0 Å². The maximum Gasteiger partial charge on any atom is 0.255 e. The minimum Gasteiger partial charge on any atom is -0.370 e. The third-order valence-electron chi connectivity index (χ3n) is 4.52. The number of para-hydroxylation sites is 2. The predicted molar refractivity (Wildman–Crippen MR) is 117 cm³/mol. The summed E-state index contributed by atoms with van der Waals surface area (Å²) in [5.74, 6) is -0.388. The molecule has 2 N–H and O–H groups in total. The molecule has 1 saturated heterocycles. The molecule has 0 aliphatic carbocycles. The van der Waals surface area contributed by atoms with Crippen LogP contribution in [0.1, 0.15) is 44.0 Å². The highest BCUT2D eigenvalue weighted by atomic mass is 35.5. The van der Waals surface area contributed by atoms with Gasteiger partial charge in [0.25, 0.3) is 5.91 Å². The molecule has 1 aliphatic rings. The lowest BCUT2D eigenvalue weighted by molar-refractivity contribution is 0.102. The highest BCUT2D eigenvalue weighted by molar-refractivity contribution is 7.89. The lowest BCUT2D eigenvalue weighted by atomic mass is 10.1. The van der Waals surface area contributed by atoms with E-state index in [9.17, 15) is 13.2 Å². The summed E-state index contributed by atoms with van der Waals surface area (Å²) in [4.78, 5) is 15.0. The molecular weight excluding hydrogens is 410 g/mol. The van der Waals surface area contributed by atoms with Gasteiger partial charge in [0.1, 0.15) is 4.90 Å². The smallest absolute Gasteiger partial charge is 0.255 e. The van der Waals surface area contributed by atoms with Crippen molar-refractivity contribution in [2.75, 3.05) is 23.3 Å². The largest absolute Gasteiger partial charge is 0.370 e. The number of sulfonamides is 1. The molecule has 0 bridgehead atoms. The lowest BCUT2D eigenvalue weighted by Gasteiger charge is -2.22. The summed E-state index contributed by atoms with van der Waals surface area (Å²) in [6.07, 6.45) is 2.25. The maximum atomic E-state index is 12.9. The molecule has 6 nitrogen and oxygen atoms in total. The van der Waals surface area contributed by atoms with E-state index >= 15 is 0 Å². The third kappa shape index (κ3) is 5.29. The van der Waals surface area contributed by atoms with Gasteiger partial charge in [-0.05, 0) is 63.9 Å². The van der Waals surface area contributed by atoms with Gasteiger partial charge in [0, 0.05) is 24.2 Å². The van der Waals surface area contributed by atoms with Crippen molar-refractivity contribution < 1.29 is 13.2 Å². The zero-order valence-electron chi connectivity index (χ0n) is 16.8. The summed E-state index contributed by atoms with van der Waals surface area (Å²) in [6, 6.07) is 11.9. The molecule has 1 aliphatic heterocycles. The Balaban J connectivity index is 1.88. The molecule has 0 radical (unpaired) electrons. The van der Waals surface area contributed by atoms with Crippen LogP contribution in [0, 0.1) is 0 Å². The predicted octanol–water partition coefficient (Wildman–Crippen LogP) is 4.27. The van der Waals surface area contributed by atoms with Gasteiger partial charge in [-0.15, -0.1) is 0 Å². The number of rotatable bonds is 5. The number of benzene rings is 2. The van der Waals surface area contributed by atoms with Crippen LogP contribution < -0.4 is 14.9 Å². The molecule has 8 heteroatoms. The molecule has 1 amide bonds. The van der Waals surface area contributed by atoms with Crippen molar-refractivity contribution in [2.24, 2.45) is 0 Å². The van der Waals surface area contributed by atoms with E-state index in [0.29, 0.717) is 5.69 Å². The number of amides is 1. The van der Waals surface area contributed by atoms with E-state index in [4.69, 9.17) is 11.6 Å². The van der Waals surface area contributed by atoms with E-state index < -0.39 is 15.6 Å². The Bertz CT molecular complexity index is 1010. The van der Waals surface area contributed by atoms with Crippen LogP contribution in [0.4, 0.5) is 11.4 Å². The molecule has 2 aromatic carbocycles. The van der Waals surface area contributed by atoms with Gasteiger partial charge < -0.3 is 10.2 Å². The Morgan fingerprint density at radius 3 is 2.38 bits per heavy atom. The Kier molecular flexibility index (Phi) is 6.22. The van der Waals surface area contributed by atoms with Crippen LogP contribution in [0.25, 0.3) is 0 Å². The number of carbonyl (C=O) groups excluding carboxylic acids is 1. The number of hydrogen-bond acceptors (Lipinski definition) is 4. The second-order valence-corrected chi connectivity index (χ2v) is 10.2. The maximum absolute atomic E-state index is 12.9. The minimum absolute atomic E-state index is 0.0655. The van der Waals surface area contributed by atoms with Crippen molar-refractivity contribution in [3.8, 4) is 0 Å². The molecule has 0 spiro atoms. The van der Waals surface area contributed by atoms with Crippen LogP contribution in [0.2, 0.25) is 5.02 Å². The fraction of sp³-hybridized carbons (Fsp3) is 0.381. The summed E-state index contributed by atoms with van der Waals surface area (Å²) in [6.45, 7) is 7.13. The molecule has 29 heavy (non-hydrogen) atoms. The molecule has 0 unspecified atom stereocenters.